The minimum Gasteiger partial charge on any atom is -0.338 e. The number of benzene rings is 1. The molecule has 0 saturated heterocycles. The largest absolute Gasteiger partial charge is 0.338 e. The van der Waals surface area contributed by atoms with Crippen LogP contribution in [0.5, 0.6) is 0 Å². The minimum atomic E-state index is -2.88. The van der Waals surface area contributed by atoms with Gasteiger partial charge in [0.2, 0.25) is 5.69 Å². The van der Waals surface area contributed by atoms with Crippen molar-refractivity contribution in [3.05, 3.63) is 35.9 Å². The minimum absolute atomic E-state index is 0.162. The molecule has 1 aromatic rings. The Morgan fingerprint density at radius 1 is 1.50 bits per heavy atom. The molecule has 78 valence electrons. The maximum atomic E-state index is 9.35. The van der Waals surface area contributed by atoms with Crippen LogP contribution in [0.25, 0.3) is 0 Å². The summed E-state index contributed by atoms with van der Waals surface area (Å²) < 4.78 is 5.32. The van der Waals surface area contributed by atoms with Crippen LogP contribution >= 0.6 is 17.9 Å². The Labute approximate surface area is 94.6 Å². The third kappa shape index (κ3) is 4.11. The van der Waals surface area contributed by atoms with Crippen molar-refractivity contribution < 1.29 is 9.42 Å². The van der Waals surface area contributed by atoms with Crippen LogP contribution in [0.4, 0.5) is 0 Å². The fourth-order valence-electron chi connectivity index (χ4n) is 1.20. The maximum Gasteiger partial charge on any atom is 0.242 e. The van der Waals surface area contributed by atoms with Crippen LogP contribution in [0.2, 0.25) is 0 Å². The molecule has 0 aliphatic carbocycles. The molecule has 0 bridgehead atoms. The Bertz CT molecular complexity index is 323. The van der Waals surface area contributed by atoms with E-state index in [4.69, 9.17) is 16.3 Å². The lowest BCUT2D eigenvalue weighted by Gasteiger charge is -2.19. The van der Waals surface area contributed by atoms with Gasteiger partial charge in [-0.2, -0.15) is 0 Å². The van der Waals surface area contributed by atoms with E-state index >= 15 is 0 Å². The van der Waals surface area contributed by atoms with E-state index in [9.17, 15) is 4.89 Å². The Morgan fingerprint density at radius 3 is 2.50 bits per heavy atom. The molecular formula is C9H13O2PS2. The van der Waals surface area contributed by atoms with Crippen molar-refractivity contribution >= 4 is 29.7 Å². The smallest absolute Gasteiger partial charge is 0.242 e. The molecule has 0 aromatic heterocycles. The van der Waals surface area contributed by atoms with Gasteiger partial charge >= 0.3 is 0 Å². The quantitative estimate of drug-likeness (QED) is 0.633. The normalized spacial score (nSPS) is 17.4. The summed E-state index contributed by atoms with van der Waals surface area (Å²) in [6.45, 7) is 1.98. The van der Waals surface area contributed by atoms with Crippen LogP contribution in [-0.4, -0.2) is 4.89 Å². The van der Waals surface area contributed by atoms with E-state index in [1.807, 2.05) is 37.3 Å². The third-order valence-corrected chi connectivity index (χ3v) is 2.88. The molecule has 0 amide bonds. The molecule has 1 N–H and O–H groups in total. The zero-order valence-electron chi connectivity index (χ0n) is 7.83. The van der Waals surface area contributed by atoms with Gasteiger partial charge in [0.05, 0.1) is 6.10 Å². The van der Waals surface area contributed by atoms with E-state index in [-0.39, 0.29) is 6.10 Å². The first-order valence-electron chi connectivity index (χ1n) is 4.32. The Morgan fingerprint density at radius 2 is 2.07 bits per heavy atom. The molecule has 0 saturated carbocycles. The van der Waals surface area contributed by atoms with Crippen LogP contribution in [0.1, 0.15) is 25.0 Å². The van der Waals surface area contributed by atoms with Crippen molar-refractivity contribution in [1.82, 2.24) is 0 Å². The summed E-state index contributed by atoms with van der Waals surface area (Å²) in [7, 11) is 0. The molecule has 2 unspecified atom stereocenters. The molecule has 2 nitrogen and oxygen atoms in total. The van der Waals surface area contributed by atoms with Crippen molar-refractivity contribution in [2.75, 3.05) is 0 Å². The van der Waals surface area contributed by atoms with E-state index in [1.54, 1.807) is 0 Å². The number of hydrogen-bond donors (Lipinski definition) is 2. The Kier molecular flexibility index (Phi) is 4.61. The van der Waals surface area contributed by atoms with Crippen molar-refractivity contribution in [1.29, 1.82) is 0 Å². The first-order valence-corrected chi connectivity index (χ1v) is 8.14. The fraction of sp³-hybridized carbons (Fsp3) is 0.333. The fourth-order valence-corrected chi connectivity index (χ4v) is 2.46. The molecule has 1 aromatic carbocycles. The van der Waals surface area contributed by atoms with Crippen molar-refractivity contribution in [2.24, 2.45) is 0 Å². The van der Waals surface area contributed by atoms with Gasteiger partial charge in [0.25, 0.3) is 0 Å². The second-order valence-corrected chi connectivity index (χ2v) is 8.02. The van der Waals surface area contributed by atoms with Crippen molar-refractivity contribution in [2.45, 2.75) is 19.4 Å². The van der Waals surface area contributed by atoms with E-state index in [0.29, 0.717) is 0 Å². The number of thiol groups is 1. The average molecular weight is 248 g/mol. The predicted octanol–water partition coefficient (Wildman–Crippen LogP) is 3.30. The van der Waals surface area contributed by atoms with E-state index in [2.05, 4.69) is 12.2 Å². The SMILES string of the molecule is CCC(OP(O)(=S)S)c1ccccc1. The summed E-state index contributed by atoms with van der Waals surface area (Å²) in [5.74, 6) is 0. The average Bonchev–Trinajstić information content (AvgIpc) is 2.14. The first kappa shape index (κ1) is 12.2. The highest BCUT2D eigenvalue weighted by molar-refractivity contribution is 8.59. The molecule has 0 fully saturated rings. The number of hydrogen-bond acceptors (Lipinski definition) is 2. The van der Waals surface area contributed by atoms with Crippen LogP contribution in [-0.2, 0) is 16.3 Å². The lowest BCUT2D eigenvalue weighted by atomic mass is 10.1. The number of rotatable bonds is 4. The highest BCUT2D eigenvalue weighted by Crippen LogP contribution is 2.51. The molecule has 0 heterocycles. The van der Waals surface area contributed by atoms with Gasteiger partial charge in [0.1, 0.15) is 0 Å². The van der Waals surface area contributed by atoms with Gasteiger partial charge in [0.15, 0.2) is 0 Å². The van der Waals surface area contributed by atoms with Crippen LogP contribution in [0.15, 0.2) is 30.3 Å². The molecule has 0 radical (unpaired) electrons. The van der Waals surface area contributed by atoms with Crippen LogP contribution in [0.3, 0.4) is 0 Å². The third-order valence-electron chi connectivity index (χ3n) is 1.81. The predicted molar refractivity (Wildman–Crippen MR) is 66.0 cm³/mol. The summed E-state index contributed by atoms with van der Waals surface area (Å²) in [4.78, 5) is 9.35. The van der Waals surface area contributed by atoms with Crippen LogP contribution < -0.4 is 0 Å². The summed E-state index contributed by atoms with van der Waals surface area (Å²) in [6.07, 6.45) is 0.605. The zero-order valence-corrected chi connectivity index (χ0v) is 10.4. The Balaban J connectivity index is 2.78. The molecule has 14 heavy (non-hydrogen) atoms. The molecule has 0 aliphatic heterocycles. The van der Waals surface area contributed by atoms with E-state index in [1.165, 1.54) is 0 Å². The lowest BCUT2D eigenvalue weighted by molar-refractivity contribution is 0.208. The Hall–Kier alpha value is 0.140. The van der Waals surface area contributed by atoms with Crippen LogP contribution in [0, 0.1) is 0 Å². The topological polar surface area (TPSA) is 29.5 Å². The zero-order chi connectivity index (χ0) is 10.6. The summed E-state index contributed by atoms with van der Waals surface area (Å²) in [5.41, 5.74) is -1.86. The standard InChI is InChI=1S/C9H13O2PS2/c1-2-9(11-12(10,13)14)8-6-4-3-5-7-8/h3-7,9H,2H2,1H3,(H2,10,13,14). The summed E-state index contributed by atoms with van der Waals surface area (Å²) in [6, 6.07) is 9.70. The molecule has 0 aliphatic rings. The molecule has 5 heteroatoms. The molecule has 1 rings (SSSR count). The second-order valence-electron chi connectivity index (χ2n) is 2.90. The maximum absolute atomic E-state index is 9.35. The second kappa shape index (κ2) is 5.29. The highest BCUT2D eigenvalue weighted by Gasteiger charge is 2.16. The van der Waals surface area contributed by atoms with E-state index < -0.39 is 5.69 Å². The van der Waals surface area contributed by atoms with Gasteiger partial charge in [-0.05, 0) is 23.8 Å². The van der Waals surface area contributed by atoms with Gasteiger partial charge in [0, 0.05) is 0 Å². The monoisotopic (exact) mass is 248 g/mol. The molecule has 0 spiro atoms. The lowest BCUT2D eigenvalue weighted by Crippen LogP contribution is -1.99. The van der Waals surface area contributed by atoms with Gasteiger partial charge in [-0.3, -0.25) is 0 Å². The summed E-state index contributed by atoms with van der Waals surface area (Å²) in [5, 5.41) is 0. The van der Waals surface area contributed by atoms with Crippen molar-refractivity contribution in [3.63, 3.8) is 0 Å². The highest BCUT2D eigenvalue weighted by atomic mass is 32.9. The summed E-state index contributed by atoms with van der Waals surface area (Å²) >= 11 is 8.59. The van der Waals surface area contributed by atoms with Crippen molar-refractivity contribution in [3.8, 4) is 0 Å². The van der Waals surface area contributed by atoms with E-state index in [0.717, 1.165) is 12.0 Å². The molecule has 2 atom stereocenters. The molecular weight excluding hydrogens is 235 g/mol. The first-order chi connectivity index (χ1) is 6.53. The van der Waals surface area contributed by atoms with Gasteiger partial charge in [-0.1, -0.05) is 49.5 Å². The van der Waals surface area contributed by atoms with Gasteiger partial charge < -0.3 is 9.42 Å². The van der Waals surface area contributed by atoms with Gasteiger partial charge in [-0.15, -0.1) is 0 Å². The van der Waals surface area contributed by atoms with Gasteiger partial charge in [-0.25, -0.2) is 0 Å².